The van der Waals surface area contributed by atoms with Gasteiger partial charge in [-0.2, -0.15) is 0 Å². The summed E-state index contributed by atoms with van der Waals surface area (Å²) >= 11 is 6.03. The minimum absolute atomic E-state index is 0.106. The maximum Gasteiger partial charge on any atom is 0.270 e. The minimum atomic E-state index is -4.21. The Labute approximate surface area is 183 Å². The average Bonchev–Trinajstić information content (AvgIpc) is 2.75. The van der Waals surface area contributed by atoms with Crippen LogP contribution in [0.25, 0.3) is 0 Å². The van der Waals surface area contributed by atoms with Gasteiger partial charge in [-0.3, -0.25) is 19.6 Å². The third-order valence-electron chi connectivity index (χ3n) is 4.22. The first-order valence-corrected chi connectivity index (χ1v) is 10.7. The van der Waals surface area contributed by atoms with Gasteiger partial charge in [0.05, 0.1) is 21.3 Å². The highest BCUT2D eigenvalue weighted by atomic mass is 35.5. The molecule has 0 unspecified atom stereocenters. The van der Waals surface area contributed by atoms with Crippen LogP contribution in [0.3, 0.4) is 0 Å². The zero-order valence-corrected chi connectivity index (χ0v) is 17.5. The first-order chi connectivity index (χ1) is 14.8. The molecule has 0 aliphatic rings. The number of sulfonamides is 1. The topological polar surface area (TPSA) is 130 Å². The Morgan fingerprint density at radius 1 is 1.00 bits per heavy atom. The molecule has 9 nitrogen and oxygen atoms in total. The first kappa shape index (κ1) is 22.2. The Hall–Kier alpha value is -3.47. The summed E-state index contributed by atoms with van der Waals surface area (Å²) in [5.74, 6) is 0. The number of carbonyl (C=O) groups excluding carboxylic acids is 1. The molecule has 31 heavy (non-hydrogen) atoms. The number of nitrogens with one attached hydrogen (secondary N) is 3. The number of benzene rings is 3. The molecular formula is C20H17ClN4O5S. The molecule has 0 saturated carbocycles. The van der Waals surface area contributed by atoms with Gasteiger partial charge in [0, 0.05) is 24.2 Å². The Bertz CT molecular complexity index is 1220. The molecular weight excluding hydrogens is 444 g/mol. The van der Waals surface area contributed by atoms with Crippen molar-refractivity contribution >= 4 is 45.0 Å². The number of hydrogen-bond acceptors (Lipinski definition) is 7. The molecule has 0 amide bonds. The van der Waals surface area contributed by atoms with E-state index in [2.05, 4.69) is 15.6 Å². The Morgan fingerprint density at radius 2 is 1.71 bits per heavy atom. The smallest absolute Gasteiger partial charge is 0.270 e. The van der Waals surface area contributed by atoms with Crippen LogP contribution in [0.15, 0.2) is 71.6 Å². The Morgan fingerprint density at radius 3 is 2.35 bits per heavy atom. The second kappa shape index (κ2) is 9.56. The van der Waals surface area contributed by atoms with Crippen molar-refractivity contribution in [3.63, 3.8) is 0 Å². The third kappa shape index (κ3) is 5.57. The standard InChI is InChI=1S/C20H17ClN4O5S/c21-17-3-1-2-4-18(17)24-31(29,30)20-11-16(25(27)28)9-10-19(20)23-22-12-14-5-7-15(13-26)8-6-14/h1-11,13,22-24H,12H2. The summed E-state index contributed by atoms with van der Waals surface area (Å²) in [6, 6.07) is 16.5. The van der Waals surface area contributed by atoms with Crippen LogP contribution in [0.4, 0.5) is 17.1 Å². The zero-order valence-electron chi connectivity index (χ0n) is 15.9. The van der Waals surface area contributed by atoms with Crippen molar-refractivity contribution in [2.24, 2.45) is 0 Å². The van der Waals surface area contributed by atoms with E-state index in [0.717, 1.165) is 17.9 Å². The van der Waals surface area contributed by atoms with Crippen molar-refractivity contribution in [1.82, 2.24) is 5.43 Å². The van der Waals surface area contributed by atoms with Gasteiger partial charge in [0.15, 0.2) is 0 Å². The lowest BCUT2D eigenvalue weighted by Gasteiger charge is -2.15. The van der Waals surface area contributed by atoms with Gasteiger partial charge < -0.3 is 5.43 Å². The summed E-state index contributed by atoms with van der Waals surface area (Å²) in [5, 5.41) is 11.3. The van der Waals surface area contributed by atoms with Crippen molar-refractivity contribution in [3.05, 3.63) is 93.0 Å². The van der Waals surface area contributed by atoms with Crippen LogP contribution in [0.1, 0.15) is 15.9 Å². The van der Waals surface area contributed by atoms with E-state index >= 15 is 0 Å². The maximum absolute atomic E-state index is 13.0. The van der Waals surface area contributed by atoms with Gasteiger partial charge in [0.1, 0.15) is 11.2 Å². The fraction of sp³-hybridized carbons (Fsp3) is 0.0500. The van der Waals surface area contributed by atoms with E-state index in [1.54, 1.807) is 36.4 Å². The van der Waals surface area contributed by atoms with E-state index in [4.69, 9.17) is 11.6 Å². The van der Waals surface area contributed by atoms with Gasteiger partial charge in [-0.1, -0.05) is 48.0 Å². The summed E-state index contributed by atoms with van der Waals surface area (Å²) < 4.78 is 28.3. The first-order valence-electron chi connectivity index (χ1n) is 8.89. The van der Waals surface area contributed by atoms with E-state index in [1.807, 2.05) is 0 Å². The number of anilines is 2. The van der Waals surface area contributed by atoms with Crippen LogP contribution in [0, 0.1) is 10.1 Å². The average molecular weight is 461 g/mol. The molecule has 0 aliphatic carbocycles. The lowest BCUT2D eigenvalue weighted by molar-refractivity contribution is -0.385. The molecule has 160 valence electrons. The van der Waals surface area contributed by atoms with Crippen LogP contribution in [0.5, 0.6) is 0 Å². The number of halogens is 1. The normalized spacial score (nSPS) is 11.0. The second-order valence-corrected chi connectivity index (χ2v) is 8.42. The molecule has 0 heterocycles. The van der Waals surface area contributed by atoms with Gasteiger partial charge in [0.2, 0.25) is 0 Å². The number of non-ortho nitro benzene ring substituents is 1. The highest BCUT2D eigenvalue weighted by Crippen LogP contribution is 2.30. The monoisotopic (exact) mass is 460 g/mol. The number of nitro benzene ring substituents is 1. The van der Waals surface area contributed by atoms with Crippen molar-refractivity contribution in [1.29, 1.82) is 0 Å². The molecule has 0 fully saturated rings. The van der Waals surface area contributed by atoms with Gasteiger partial charge in [-0.25, -0.2) is 13.8 Å². The molecule has 0 saturated heterocycles. The van der Waals surface area contributed by atoms with Crippen molar-refractivity contribution in [2.75, 3.05) is 10.1 Å². The van der Waals surface area contributed by atoms with Crippen LogP contribution in [0.2, 0.25) is 5.02 Å². The van der Waals surface area contributed by atoms with Crippen LogP contribution >= 0.6 is 11.6 Å². The van der Waals surface area contributed by atoms with E-state index in [0.29, 0.717) is 12.1 Å². The zero-order chi connectivity index (χ0) is 22.4. The summed E-state index contributed by atoms with van der Waals surface area (Å²) in [6.45, 7) is 0.299. The van der Waals surface area contributed by atoms with Gasteiger partial charge in [-0.15, -0.1) is 0 Å². The molecule has 0 aromatic heterocycles. The fourth-order valence-corrected chi connectivity index (χ4v) is 4.15. The largest absolute Gasteiger partial charge is 0.320 e. The Balaban J connectivity index is 1.85. The summed E-state index contributed by atoms with van der Waals surface area (Å²) in [7, 11) is -4.21. The van der Waals surface area contributed by atoms with Crippen LogP contribution < -0.4 is 15.6 Å². The molecule has 3 aromatic carbocycles. The van der Waals surface area contributed by atoms with Gasteiger partial charge in [0.25, 0.3) is 15.7 Å². The highest BCUT2D eigenvalue weighted by molar-refractivity contribution is 7.93. The number of aldehydes is 1. The SMILES string of the molecule is O=Cc1ccc(CNNc2ccc([N+](=O)[O-])cc2S(=O)(=O)Nc2ccccc2Cl)cc1. The van der Waals surface area contributed by atoms with Crippen LogP contribution in [-0.4, -0.2) is 19.6 Å². The number of hydrazine groups is 1. The highest BCUT2D eigenvalue weighted by Gasteiger charge is 2.23. The Kier molecular flexibility index (Phi) is 6.85. The van der Waals surface area contributed by atoms with E-state index in [1.165, 1.54) is 24.3 Å². The number of rotatable bonds is 9. The van der Waals surface area contributed by atoms with Crippen LogP contribution in [-0.2, 0) is 16.6 Å². The van der Waals surface area contributed by atoms with Gasteiger partial charge >= 0.3 is 0 Å². The van der Waals surface area contributed by atoms with E-state index in [-0.39, 0.29) is 27.0 Å². The number of hydrogen-bond donors (Lipinski definition) is 3. The lowest BCUT2D eigenvalue weighted by Crippen LogP contribution is -2.24. The number of nitro groups is 1. The fourth-order valence-electron chi connectivity index (χ4n) is 2.65. The van der Waals surface area contributed by atoms with Crippen molar-refractivity contribution < 1.29 is 18.1 Å². The lowest BCUT2D eigenvalue weighted by atomic mass is 10.1. The molecule has 0 aliphatic heterocycles. The summed E-state index contributed by atoms with van der Waals surface area (Å²) in [4.78, 5) is 20.9. The quantitative estimate of drug-likeness (QED) is 0.250. The predicted molar refractivity (Wildman–Crippen MR) is 118 cm³/mol. The van der Waals surface area contributed by atoms with E-state index in [9.17, 15) is 23.3 Å². The summed E-state index contributed by atoms with van der Waals surface area (Å²) in [5.41, 5.74) is 6.87. The molecule has 3 N–H and O–H groups in total. The molecule has 3 aromatic rings. The number of nitrogens with zero attached hydrogens (tertiary/aromatic N) is 1. The molecule has 0 spiro atoms. The summed E-state index contributed by atoms with van der Waals surface area (Å²) in [6.07, 6.45) is 0.732. The number of carbonyl (C=O) groups is 1. The maximum atomic E-state index is 13.0. The number of para-hydroxylation sites is 1. The molecule has 0 radical (unpaired) electrons. The van der Waals surface area contributed by atoms with E-state index < -0.39 is 14.9 Å². The molecule has 0 atom stereocenters. The predicted octanol–water partition coefficient (Wildman–Crippen LogP) is 3.98. The van der Waals surface area contributed by atoms with Crippen molar-refractivity contribution in [3.8, 4) is 0 Å². The molecule has 0 bridgehead atoms. The minimum Gasteiger partial charge on any atom is -0.320 e. The third-order valence-corrected chi connectivity index (χ3v) is 5.95. The molecule has 3 rings (SSSR count). The van der Waals surface area contributed by atoms with Gasteiger partial charge in [-0.05, 0) is 23.8 Å². The molecule has 11 heteroatoms. The van der Waals surface area contributed by atoms with Crippen molar-refractivity contribution in [2.45, 2.75) is 11.4 Å². The second-order valence-electron chi connectivity index (χ2n) is 6.36.